The fourth-order valence-electron chi connectivity index (χ4n) is 1.39. The topological polar surface area (TPSA) is 46.0 Å². The van der Waals surface area contributed by atoms with E-state index in [1.807, 2.05) is 0 Å². The number of benzene rings is 1. The summed E-state index contributed by atoms with van der Waals surface area (Å²) in [5.74, 6) is -1.56. The standard InChI is InChI=1S/C10H8F2N2OS/c1-5-10(16-14-13-5)9(15)8-6(11)3-2-4-7(8)12/h2-4,9,15H,1H3. The van der Waals surface area contributed by atoms with Crippen LogP contribution in [0.4, 0.5) is 8.78 Å². The predicted molar refractivity (Wildman–Crippen MR) is 55.1 cm³/mol. The molecule has 0 spiro atoms. The van der Waals surface area contributed by atoms with Gasteiger partial charge in [0.15, 0.2) is 0 Å². The zero-order chi connectivity index (χ0) is 11.7. The number of aromatic nitrogens is 2. The van der Waals surface area contributed by atoms with Gasteiger partial charge in [-0.1, -0.05) is 10.6 Å². The molecule has 0 amide bonds. The van der Waals surface area contributed by atoms with Gasteiger partial charge in [0.05, 0.1) is 16.1 Å². The third-order valence-electron chi connectivity index (χ3n) is 2.21. The van der Waals surface area contributed by atoms with Crippen molar-refractivity contribution in [3.8, 4) is 0 Å². The lowest BCUT2D eigenvalue weighted by atomic mass is 10.1. The fourth-order valence-corrected chi connectivity index (χ4v) is 2.03. The largest absolute Gasteiger partial charge is 0.382 e. The summed E-state index contributed by atoms with van der Waals surface area (Å²) in [4.78, 5) is 0.351. The summed E-state index contributed by atoms with van der Waals surface area (Å²) in [6.07, 6.45) is -1.36. The maximum atomic E-state index is 13.4. The Hall–Kier alpha value is -1.40. The number of nitrogens with zero attached hydrogens (tertiary/aromatic N) is 2. The van der Waals surface area contributed by atoms with Crippen molar-refractivity contribution in [1.82, 2.24) is 9.59 Å². The number of aliphatic hydroxyl groups excluding tert-OH is 1. The molecule has 0 fully saturated rings. The summed E-state index contributed by atoms with van der Waals surface area (Å²) in [5, 5.41) is 13.6. The van der Waals surface area contributed by atoms with E-state index in [1.54, 1.807) is 6.92 Å². The average Bonchev–Trinajstić information content (AvgIpc) is 2.64. The Balaban J connectivity index is 2.49. The van der Waals surface area contributed by atoms with Gasteiger partial charge in [0.25, 0.3) is 0 Å². The third kappa shape index (κ3) is 1.81. The van der Waals surface area contributed by atoms with E-state index in [4.69, 9.17) is 0 Å². The van der Waals surface area contributed by atoms with Crippen molar-refractivity contribution in [1.29, 1.82) is 0 Å². The van der Waals surface area contributed by atoms with Gasteiger partial charge in [-0.05, 0) is 30.6 Å². The zero-order valence-corrected chi connectivity index (χ0v) is 9.13. The molecule has 0 saturated carbocycles. The highest BCUT2D eigenvalue weighted by Gasteiger charge is 2.23. The van der Waals surface area contributed by atoms with Crippen LogP contribution in [0.5, 0.6) is 0 Å². The Kier molecular flexibility index (Phi) is 2.93. The van der Waals surface area contributed by atoms with Crippen molar-refractivity contribution in [3.63, 3.8) is 0 Å². The lowest BCUT2D eigenvalue weighted by molar-refractivity contribution is 0.212. The Labute approximate surface area is 94.5 Å². The monoisotopic (exact) mass is 242 g/mol. The number of hydrogen-bond acceptors (Lipinski definition) is 4. The number of hydrogen-bond donors (Lipinski definition) is 1. The van der Waals surface area contributed by atoms with E-state index in [0.717, 1.165) is 23.7 Å². The Morgan fingerprint density at radius 2 is 1.94 bits per heavy atom. The van der Waals surface area contributed by atoms with Gasteiger partial charge < -0.3 is 5.11 Å². The number of rotatable bonds is 2. The second-order valence-corrected chi connectivity index (χ2v) is 4.05. The molecule has 0 bridgehead atoms. The maximum Gasteiger partial charge on any atom is 0.132 e. The normalized spacial score (nSPS) is 12.8. The molecule has 0 radical (unpaired) electrons. The molecule has 1 atom stereocenters. The molecule has 0 aliphatic carbocycles. The second-order valence-electron chi connectivity index (χ2n) is 3.26. The summed E-state index contributed by atoms with van der Waals surface area (Å²) in [7, 11) is 0. The molecule has 3 nitrogen and oxygen atoms in total. The molecule has 0 aliphatic heterocycles. The molecule has 1 N–H and O–H groups in total. The number of aryl methyl sites for hydroxylation is 1. The van der Waals surface area contributed by atoms with Crippen LogP contribution in [0.2, 0.25) is 0 Å². The highest BCUT2D eigenvalue weighted by atomic mass is 32.1. The minimum atomic E-state index is -1.36. The molecule has 1 aromatic heterocycles. The van der Waals surface area contributed by atoms with Crippen LogP contribution in [0.15, 0.2) is 18.2 Å². The van der Waals surface area contributed by atoms with Gasteiger partial charge in [-0.25, -0.2) is 8.78 Å². The van der Waals surface area contributed by atoms with Crippen molar-refractivity contribution in [2.24, 2.45) is 0 Å². The first-order valence-corrected chi connectivity index (χ1v) is 5.29. The average molecular weight is 242 g/mol. The van der Waals surface area contributed by atoms with Crippen LogP contribution >= 0.6 is 11.5 Å². The molecule has 1 aromatic carbocycles. The first-order chi connectivity index (χ1) is 7.61. The lowest BCUT2D eigenvalue weighted by Crippen LogP contribution is -2.05. The van der Waals surface area contributed by atoms with Crippen LogP contribution in [0, 0.1) is 18.6 Å². The van der Waals surface area contributed by atoms with Crippen molar-refractivity contribution < 1.29 is 13.9 Å². The quantitative estimate of drug-likeness (QED) is 0.878. The molecule has 0 saturated heterocycles. The van der Waals surface area contributed by atoms with Crippen molar-refractivity contribution in [2.45, 2.75) is 13.0 Å². The smallest absolute Gasteiger partial charge is 0.132 e. The van der Waals surface area contributed by atoms with Gasteiger partial charge in [0.2, 0.25) is 0 Å². The zero-order valence-electron chi connectivity index (χ0n) is 8.32. The first kappa shape index (κ1) is 11.1. The summed E-state index contributed by atoms with van der Waals surface area (Å²) in [5.41, 5.74) is 0.108. The van der Waals surface area contributed by atoms with Crippen molar-refractivity contribution in [3.05, 3.63) is 46.0 Å². The molecule has 6 heteroatoms. The van der Waals surface area contributed by atoms with Crippen LogP contribution in [-0.2, 0) is 0 Å². The highest BCUT2D eigenvalue weighted by molar-refractivity contribution is 7.05. The van der Waals surface area contributed by atoms with Gasteiger partial charge >= 0.3 is 0 Å². The number of halogens is 2. The SMILES string of the molecule is Cc1nnsc1C(O)c1c(F)cccc1F. The predicted octanol–water partition coefficient (Wildman–Crippen LogP) is 2.21. The third-order valence-corrected chi connectivity index (χ3v) is 3.09. The first-order valence-electron chi connectivity index (χ1n) is 4.52. The van der Waals surface area contributed by atoms with E-state index in [1.165, 1.54) is 6.07 Å². The van der Waals surface area contributed by atoms with Crippen molar-refractivity contribution >= 4 is 11.5 Å². The number of aliphatic hydroxyl groups is 1. The van der Waals surface area contributed by atoms with Crippen LogP contribution in [0.1, 0.15) is 22.2 Å². The minimum Gasteiger partial charge on any atom is -0.382 e. The van der Waals surface area contributed by atoms with Gasteiger partial charge in [-0.2, -0.15) is 0 Å². The fraction of sp³-hybridized carbons (Fsp3) is 0.200. The Morgan fingerprint density at radius 3 is 2.44 bits per heavy atom. The van der Waals surface area contributed by atoms with Gasteiger partial charge in [0.1, 0.15) is 17.7 Å². The maximum absolute atomic E-state index is 13.4. The van der Waals surface area contributed by atoms with E-state index >= 15 is 0 Å². The van der Waals surface area contributed by atoms with E-state index in [2.05, 4.69) is 9.59 Å². The van der Waals surface area contributed by atoms with Crippen molar-refractivity contribution in [2.75, 3.05) is 0 Å². The summed E-state index contributed by atoms with van der Waals surface area (Å²) < 4.78 is 30.4. The highest BCUT2D eigenvalue weighted by Crippen LogP contribution is 2.29. The van der Waals surface area contributed by atoms with E-state index < -0.39 is 17.7 Å². The molecule has 2 aromatic rings. The molecule has 1 heterocycles. The van der Waals surface area contributed by atoms with Gasteiger partial charge in [0, 0.05) is 0 Å². The molecule has 1 unspecified atom stereocenters. The van der Waals surface area contributed by atoms with Gasteiger partial charge in [-0.3, -0.25) is 0 Å². The second kappa shape index (κ2) is 4.23. The Morgan fingerprint density at radius 1 is 1.31 bits per heavy atom. The van der Waals surface area contributed by atoms with Gasteiger partial charge in [-0.15, -0.1) is 5.10 Å². The van der Waals surface area contributed by atoms with E-state index in [9.17, 15) is 13.9 Å². The summed E-state index contributed by atoms with van der Waals surface area (Å²) in [6, 6.07) is 3.45. The van der Waals surface area contributed by atoms with Crippen LogP contribution in [-0.4, -0.2) is 14.7 Å². The molecule has 2 rings (SSSR count). The summed E-state index contributed by atoms with van der Waals surface area (Å²) >= 11 is 0.925. The Bertz CT molecular complexity index is 495. The molecule has 16 heavy (non-hydrogen) atoms. The molecular weight excluding hydrogens is 234 g/mol. The van der Waals surface area contributed by atoms with E-state index in [0.29, 0.717) is 10.6 Å². The molecular formula is C10H8F2N2OS. The molecule has 84 valence electrons. The van der Waals surface area contributed by atoms with Crippen LogP contribution < -0.4 is 0 Å². The minimum absolute atomic E-state index is 0.351. The summed E-state index contributed by atoms with van der Waals surface area (Å²) in [6.45, 7) is 1.63. The lowest BCUT2D eigenvalue weighted by Gasteiger charge is -2.10. The van der Waals surface area contributed by atoms with Crippen LogP contribution in [0.25, 0.3) is 0 Å². The van der Waals surface area contributed by atoms with E-state index in [-0.39, 0.29) is 5.56 Å². The van der Waals surface area contributed by atoms with Crippen LogP contribution in [0.3, 0.4) is 0 Å². The molecule has 0 aliphatic rings.